The summed E-state index contributed by atoms with van der Waals surface area (Å²) in [6.45, 7) is 4.83. The number of likely N-dealkylation sites (tertiary alicyclic amines) is 2. The molecular weight excluding hydrogens is 323 g/mol. The summed E-state index contributed by atoms with van der Waals surface area (Å²) in [5, 5.41) is 0. The molecule has 0 aromatic heterocycles. The monoisotopic (exact) mass is 348 g/mol. The molecule has 2 aliphatic rings. The van der Waals surface area contributed by atoms with Gasteiger partial charge in [-0.05, 0) is 45.2 Å². The molecule has 0 saturated carbocycles. The fourth-order valence-electron chi connectivity index (χ4n) is 3.70. The van der Waals surface area contributed by atoms with Gasteiger partial charge in [-0.15, -0.1) is 0 Å². The molecule has 0 radical (unpaired) electrons. The van der Waals surface area contributed by atoms with Crippen LogP contribution >= 0.6 is 0 Å². The lowest BCUT2D eigenvalue weighted by Gasteiger charge is -2.45. The van der Waals surface area contributed by atoms with Gasteiger partial charge in [0, 0.05) is 25.2 Å². The molecule has 0 aliphatic carbocycles. The molecule has 1 aromatic carbocycles. The Hall–Kier alpha value is -2.11. The number of hydrogen-bond donors (Lipinski definition) is 0. The van der Waals surface area contributed by atoms with Crippen molar-refractivity contribution in [2.24, 2.45) is 5.92 Å². The van der Waals surface area contributed by atoms with Crippen LogP contribution in [0.1, 0.15) is 33.1 Å². The summed E-state index contributed by atoms with van der Waals surface area (Å²) in [6.07, 6.45) is 3.25. The van der Waals surface area contributed by atoms with E-state index in [1.54, 1.807) is 17.0 Å². The highest BCUT2D eigenvalue weighted by atomic mass is 19.1. The molecule has 5 nitrogen and oxygen atoms in total. The Labute approximate surface area is 147 Å². The maximum atomic E-state index is 13.5. The van der Waals surface area contributed by atoms with E-state index in [4.69, 9.17) is 4.74 Å². The minimum Gasteiger partial charge on any atom is -0.481 e. The standard InChI is InChI=1S/C19H25FN2O3/c1-13-6-5-7-14(2)22(13)19(24)15-10-21(11-15)18(23)12-25-17-9-4-3-8-16(17)20/h3-4,8-9,13-15H,5-7,10-12H2,1-2H3. The van der Waals surface area contributed by atoms with Gasteiger partial charge in [0.2, 0.25) is 5.91 Å². The minimum atomic E-state index is -0.486. The van der Waals surface area contributed by atoms with Crippen molar-refractivity contribution < 1.29 is 18.7 Å². The Balaban J connectivity index is 1.47. The van der Waals surface area contributed by atoms with Gasteiger partial charge in [0.15, 0.2) is 18.2 Å². The van der Waals surface area contributed by atoms with Crippen molar-refractivity contribution in [2.75, 3.05) is 19.7 Å². The fourth-order valence-corrected chi connectivity index (χ4v) is 3.70. The Morgan fingerprint density at radius 2 is 1.80 bits per heavy atom. The quantitative estimate of drug-likeness (QED) is 0.840. The third-order valence-electron chi connectivity index (χ3n) is 5.22. The smallest absolute Gasteiger partial charge is 0.260 e. The summed E-state index contributed by atoms with van der Waals surface area (Å²) < 4.78 is 18.7. The topological polar surface area (TPSA) is 49.9 Å². The highest BCUT2D eigenvalue weighted by molar-refractivity contribution is 5.85. The number of benzene rings is 1. The summed E-state index contributed by atoms with van der Waals surface area (Å²) in [4.78, 5) is 28.4. The van der Waals surface area contributed by atoms with Crippen LogP contribution in [0.15, 0.2) is 24.3 Å². The van der Waals surface area contributed by atoms with E-state index < -0.39 is 5.82 Å². The number of nitrogens with zero attached hydrogens (tertiary/aromatic N) is 2. The van der Waals surface area contributed by atoms with Gasteiger partial charge in [0.25, 0.3) is 5.91 Å². The number of carbonyl (C=O) groups excluding carboxylic acids is 2. The van der Waals surface area contributed by atoms with Gasteiger partial charge < -0.3 is 14.5 Å². The van der Waals surface area contributed by atoms with Gasteiger partial charge in [-0.3, -0.25) is 9.59 Å². The number of rotatable bonds is 4. The number of para-hydroxylation sites is 1. The molecule has 136 valence electrons. The van der Waals surface area contributed by atoms with Crippen LogP contribution in [0.3, 0.4) is 0 Å². The molecule has 0 bridgehead atoms. The van der Waals surface area contributed by atoms with Crippen LogP contribution in [-0.4, -0.2) is 53.4 Å². The minimum absolute atomic E-state index is 0.0694. The molecule has 2 heterocycles. The summed E-state index contributed by atoms with van der Waals surface area (Å²) in [5.41, 5.74) is 0. The summed E-state index contributed by atoms with van der Waals surface area (Å²) in [6, 6.07) is 6.54. The molecule has 2 amide bonds. The molecule has 25 heavy (non-hydrogen) atoms. The summed E-state index contributed by atoms with van der Waals surface area (Å²) in [5.74, 6) is -0.605. The summed E-state index contributed by atoms with van der Waals surface area (Å²) >= 11 is 0. The van der Waals surface area contributed by atoms with Crippen LogP contribution in [0, 0.1) is 11.7 Å². The SMILES string of the molecule is CC1CCCC(C)N1C(=O)C1CN(C(=O)COc2ccccc2F)C1. The molecule has 2 aliphatic heterocycles. The maximum absolute atomic E-state index is 13.5. The predicted octanol–water partition coefficient (Wildman–Crippen LogP) is 2.45. The van der Waals surface area contributed by atoms with Crippen LogP contribution < -0.4 is 4.74 Å². The number of hydrogen-bond acceptors (Lipinski definition) is 3. The van der Waals surface area contributed by atoms with Crippen molar-refractivity contribution in [3.05, 3.63) is 30.1 Å². The third kappa shape index (κ3) is 3.78. The van der Waals surface area contributed by atoms with E-state index in [1.165, 1.54) is 12.1 Å². The zero-order chi connectivity index (χ0) is 18.0. The zero-order valence-electron chi connectivity index (χ0n) is 14.8. The number of halogens is 1. The second-order valence-electron chi connectivity index (χ2n) is 7.09. The zero-order valence-corrected chi connectivity index (χ0v) is 14.8. The molecule has 1 aromatic rings. The average molecular weight is 348 g/mol. The highest BCUT2D eigenvalue weighted by Crippen LogP contribution is 2.27. The Kier molecular flexibility index (Phi) is 5.25. The van der Waals surface area contributed by atoms with E-state index in [0.717, 1.165) is 19.3 Å². The lowest BCUT2D eigenvalue weighted by Crippen LogP contribution is -2.60. The first kappa shape index (κ1) is 17.7. The molecule has 6 heteroatoms. The van der Waals surface area contributed by atoms with Crippen LogP contribution in [0.25, 0.3) is 0 Å². The second-order valence-corrected chi connectivity index (χ2v) is 7.09. The van der Waals surface area contributed by atoms with Gasteiger partial charge >= 0.3 is 0 Å². The number of carbonyl (C=O) groups is 2. The van der Waals surface area contributed by atoms with Crippen molar-refractivity contribution in [3.8, 4) is 5.75 Å². The van der Waals surface area contributed by atoms with Gasteiger partial charge in [-0.25, -0.2) is 4.39 Å². The molecular formula is C19H25FN2O3. The van der Waals surface area contributed by atoms with E-state index in [1.807, 2.05) is 4.90 Å². The normalized spacial score (nSPS) is 24.0. The number of amides is 2. The largest absolute Gasteiger partial charge is 0.481 e. The van der Waals surface area contributed by atoms with Gasteiger partial charge in [0.05, 0.1) is 5.92 Å². The van der Waals surface area contributed by atoms with E-state index >= 15 is 0 Å². The number of ether oxygens (including phenoxy) is 1. The third-order valence-corrected chi connectivity index (χ3v) is 5.22. The average Bonchev–Trinajstić information content (AvgIpc) is 2.52. The first-order chi connectivity index (χ1) is 12.0. The van der Waals surface area contributed by atoms with Crippen LogP contribution in [-0.2, 0) is 9.59 Å². The van der Waals surface area contributed by atoms with Crippen LogP contribution in [0.5, 0.6) is 5.75 Å². The van der Waals surface area contributed by atoms with Crippen molar-refractivity contribution in [1.29, 1.82) is 0 Å². The Bertz CT molecular complexity index is 635. The second kappa shape index (κ2) is 7.42. The fraction of sp³-hybridized carbons (Fsp3) is 0.579. The lowest BCUT2D eigenvalue weighted by atomic mass is 9.92. The van der Waals surface area contributed by atoms with E-state index in [-0.39, 0.29) is 42.2 Å². The molecule has 2 saturated heterocycles. The molecule has 3 rings (SSSR count). The van der Waals surface area contributed by atoms with Crippen molar-refractivity contribution >= 4 is 11.8 Å². The lowest BCUT2D eigenvalue weighted by molar-refractivity contribution is -0.153. The number of piperidine rings is 1. The predicted molar refractivity (Wildman–Crippen MR) is 91.6 cm³/mol. The van der Waals surface area contributed by atoms with Crippen LogP contribution in [0.4, 0.5) is 4.39 Å². The Morgan fingerprint density at radius 1 is 1.16 bits per heavy atom. The first-order valence-corrected chi connectivity index (χ1v) is 8.94. The van der Waals surface area contributed by atoms with Gasteiger partial charge in [-0.2, -0.15) is 0 Å². The molecule has 2 atom stereocenters. The van der Waals surface area contributed by atoms with Crippen molar-refractivity contribution in [1.82, 2.24) is 9.80 Å². The van der Waals surface area contributed by atoms with E-state index in [0.29, 0.717) is 13.1 Å². The van der Waals surface area contributed by atoms with E-state index in [2.05, 4.69) is 13.8 Å². The van der Waals surface area contributed by atoms with Gasteiger partial charge in [0.1, 0.15) is 0 Å². The van der Waals surface area contributed by atoms with Crippen molar-refractivity contribution in [2.45, 2.75) is 45.2 Å². The highest BCUT2D eigenvalue weighted by Gasteiger charge is 2.41. The van der Waals surface area contributed by atoms with Crippen LogP contribution in [0.2, 0.25) is 0 Å². The first-order valence-electron chi connectivity index (χ1n) is 8.94. The molecule has 2 fully saturated rings. The maximum Gasteiger partial charge on any atom is 0.260 e. The molecule has 0 N–H and O–H groups in total. The van der Waals surface area contributed by atoms with E-state index in [9.17, 15) is 14.0 Å². The Morgan fingerprint density at radius 3 is 2.44 bits per heavy atom. The van der Waals surface area contributed by atoms with Crippen molar-refractivity contribution in [3.63, 3.8) is 0 Å². The summed E-state index contributed by atoms with van der Waals surface area (Å²) in [7, 11) is 0. The molecule has 0 spiro atoms. The molecule has 2 unspecified atom stereocenters. The van der Waals surface area contributed by atoms with Gasteiger partial charge in [-0.1, -0.05) is 12.1 Å².